The summed E-state index contributed by atoms with van der Waals surface area (Å²) in [5, 5.41) is 9.99. The lowest BCUT2D eigenvalue weighted by molar-refractivity contribution is -0.134. The van der Waals surface area contributed by atoms with Gasteiger partial charge in [-0.15, -0.1) is 0 Å². The van der Waals surface area contributed by atoms with Crippen LogP contribution < -0.4 is 9.47 Å². The predicted octanol–water partition coefficient (Wildman–Crippen LogP) is 4.12. The van der Waals surface area contributed by atoms with Crippen LogP contribution >= 0.6 is 0 Å². The SMILES string of the molecule is CCN(C(=O)C[C@@H]1CC[C@@H](N(C(=O)c2ccc(OC)c(OCCCOC)c2)C(C)C)CN1C(=O)O)C(C)C. The fraction of sp³-hybridized carbons (Fsp3) is 0.679. The lowest BCUT2D eigenvalue weighted by Crippen LogP contribution is -2.57. The topological polar surface area (TPSA) is 109 Å². The Bertz CT molecular complexity index is 937. The first-order chi connectivity index (χ1) is 18.0. The Morgan fingerprint density at radius 1 is 1.05 bits per heavy atom. The minimum absolute atomic E-state index is 0.0505. The average Bonchev–Trinajstić information content (AvgIpc) is 2.87. The zero-order valence-corrected chi connectivity index (χ0v) is 23.9. The smallest absolute Gasteiger partial charge is 0.407 e. The molecule has 2 rings (SSSR count). The molecule has 1 aromatic rings. The number of rotatable bonds is 13. The monoisotopic (exact) mass is 535 g/mol. The Kier molecular flexibility index (Phi) is 12.2. The van der Waals surface area contributed by atoms with Crippen molar-refractivity contribution in [3.8, 4) is 11.5 Å². The number of nitrogens with zero attached hydrogens (tertiary/aromatic N) is 3. The molecule has 0 saturated carbocycles. The van der Waals surface area contributed by atoms with Crippen molar-refractivity contribution in [3.05, 3.63) is 23.8 Å². The highest BCUT2D eigenvalue weighted by atomic mass is 16.5. The highest BCUT2D eigenvalue weighted by molar-refractivity contribution is 5.95. The first kappa shape index (κ1) is 31.2. The van der Waals surface area contributed by atoms with Crippen molar-refractivity contribution in [3.63, 3.8) is 0 Å². The van der Waals surface area contributed by atoms with Crippen molar-refractivity contribution in [2.75, 3.05) is 40.5 Å². The van der Waals surface area contributed by atoms with Gasteiger partial charge >= 0.3 is 6.09 Å². The van der Waals surface area contributed by atoms with E-state index < -0.39 is 12.1 Å². The summed E-state index contributed by atoms with van der Waals surface area (Å²) in [6, 6.07) is 4.24. The lowest BCUT2D eigenvalue weighted by atomic mass is 9.93. The van der Waals surface area contributed by atoms with Gasteiger partial charge in [-0.25, -0.2) is 4.79 Å². The van der Waals surface area contributed by atoms with Crippen LogP contribution in [0.15, 0.2) is 18.2 Å². The second-order valence-electron chi connectivity index (χ2n) is 10.2. The minimum atomic E-state index is -1.08. The fourth-order valence-electron chi connectivity index (χ4n) is 5.11. The second kappa shape index (κ2) is 14.8. The number of carbonyl (C=O) groups is 3. The summed E-state index contributed by atoms with van der Waals surface area (Å²) in [6.07, 6.45) is 0.872. The number of methoxy groups -OCH3 is 2. The van der Waals surface area contributed by atoms with E-state index in [1.807, 2.05) is 34.6 Å². The van der Waals surface area contributed by atoms with Gasteiger partial charge < -0.3 is 34.0 Å². The van der Waals surface area contributed by atoms with Crippen LogP contribution in [0, 0.1) is 0 Å². The maximum atomic E-state index is 13.7. The quantitative estimate of drug-likeness (QED) is 0.379. The molecule has 1 aromatic carbocycles. The molecular formula is C28H45N3O7. The van der Waals surface area contributed by atoms with Crippen LogP contribution in [0.1, 0.15) is 70.7 Å². The summed E-state index contributed by atoms with van der Waals surface area (Å²) >= 11 is 0. The van der Waals surface area contributed by atoms with Gasteiger partial charge in [0, 0.05) is 63.3 Å². The second-order valence-corrected chi connectivity index (χ2v) is 10.2. The van der Waals surface area contributed by atoms with E-state index in [0.29, 0.717) is 56.1 Å². The summed E-state index contributed by atoms with van der Waals surface area (Å²) in [6.45, 7) is 11.4. The van der Waals surface area contributed by atoms with E-state index in [4.69, 9.17) is 14.2 Å². The van der Waals surface area contributed by atoms with Gasteiger partial charge in [-0.3, -0.25) is 9.59 Å². The van der Waals surface area contributed by atoms with E-state index in [1.54, 1.807) is 42.2 Å². The molecule has 1 saturated heterocycles. The number of piperidine rings is 1. The van der Waals surface area contributed by atoms with Gasteiger partial charge in [0.1, 0.15) is 0 Å². The molecule has 0 aliphatic carbocycles. The molecule has 0 aromatic heterocycles. The third-order valence-electron chi connectivity index (χ3n) is 6.97. The number of carboxylic acid groups (broad SMARTS) is 1. The summed E-state index contributed by atoms with van der Waals surface area (Å²) in [5.74, 6) is 0.745. The molecule has 0 bridgehead atoms. The highest BCUT2D eigenvalue weighted by Gasteiger charge is 2.38. The number of carbonyl (C=O) groups excluding carboxylic acids is 2. The number of amides is 3. The molecule has 3 amide bonds. The predicted molar refractivity (Wildman–Crippen MR) is 145 cm³/mol. The number of benzene rings is 1. The molecule has 10 nitrogen and oxygen atoms in total. The Labute approximate surface area is 226 Å². The van der Waals surface area contributed by atoms with Gasteiger partial charge in [-0.05, 0) is 65.7 Å². The molecule has 38 heavy (non-hydrogen) atoms. The first-order valence-corrected chi connectivity index (χ1v) is 13.5. The third-order valence-corrected chi connectivity index (χ3v) is 6.97. The van der Waals surface area contributed by atoms with Gasteiger partial charge in [-0.1, -0.05) is 0 Å². The number of hydrogen-bond donors (Lipinski definition) is 1. The normalized spacial score (nSPS) is 17.4. The van der Waals surface area contributed by atoms with Crippen molar-refractivity contribution in [1.82, 2.24) is 14.7 Å². The molecule has 0 radical (unpaired) electrons. The van der Waals surface area contributed by atoms with Crippen molar-refractivity contribution >= 4 is 17.9 Å². The van der Waals surface area contributed by atoms with Gasteiger partial charge in [0.25, 0.3) is 5.91 Å². The Morgan fingerprint density at radius 3 is 2.32 bits per heavy atom. The Balaban J connectivity index is 2.23. The van der Waals surface area contributed by atoms with Crippen LogP contribution in [-0.4, -0.2) is 102 Å². The highest BCUT2D eigenvalue weighted by Crippen LogP contribution is 2.31. The molecule has 1 aliphatic rings. The molecule has 0 spiro atoms. The van der Waals surface area contributed by atoms with Gasteiger partial charge in [0.05, 0.1) is 19.8 Å². The zero-order chi connectivity index (χ0) is 28.4. The molecule has 1 N–H and O–H groups in total. The molecule has 1 heterocycles. The summed E-state index contributed by atoms with van der Waals surface area (Å²) in [7, 11) is 3.17. The molecule has 1 aliphatic heterocycles. The van der Waals surface area contributed by atoms with E-state index in [1.165, 1.54) is 4.90 Å². The Hall–Kier alpha value is -3.01. The maximum Gasteiger partial charge on any atom is 0.407 e. The lowest BCUT2D eigenvalue weighted by Gasteiger charge is -2.44. The minimum Gasteiger partial charge on any atom is -0.493 e. The standard InChI is InChI=1S/C28H45N3O7/c1-8-29(19(2)3)26(32)17-22-11-12-23(18-30(22)28(34)35)31(20(4)5)27(33)21-10-13-24(37-7)25(16-21)38-15-9-14-36-6/h10,13,16,19-20,22-23H,8-9,11-12,14-15,17-18H2,1-7H3,(H,34,35)/t22-,23+/m0/s1. The number of ether oxygens (including phenoxy) is 3. The largest absolute Gasteiger partial charge is 0.493 e. The van der Waals surface area contributed by atoms with E-state index in [2.05, 4.69) is 0 Å². The molecular weight excluding hydrogens is 490 g/mol. The van der Waals surface area contributed by atoms with E-state index >= 15 is 0 Å². The van der Waals surface area contributed by atoms with Crippen LogP contribution in [0.2, 0.25) is 0 Å². The maximum absolute atomic E-state index is 13.7. The van der Waals surface area contributed by atoms with E-state index in [-0.39, 0.29) is 42.9 Å². The molecule has 214 valence electrons. The third kappa shape index (κ3) is 7.99. The van der Waals surface area contributed by atoms with Gasteiger partial charge in [0.2, 0.25) is 5.91 Å². The van der Waals surface area contributed by atoms with Crippen LogP contribution in [0.3, 0.4) is 0 Å². The Morgan fingerprint density at radius 2 is 1.76 bits per heavy atom. The number of likely N-dealkylation sites (tertiary alicyclic amines) is 1. The van der Waals surface area contributed by atoms with Crippen molar-refractivity contribution < 1.29 is 33.7 Å². The first-order valence-electron chi connectivity index (χ1n) is 13.5. The molecule has 10 heteroatoms. The van der Waals surface area contributed by atoms with Crippen LogP contribution in [-0.2, 0) is 9.53 Å². The van der Waals surface area contributed by atoms with Crippen LogP contribution in [0.4, 0.5) is 4.79 Å². The van der Waals surface area contributed by atoms with Crippen molar-refractivity contribution in [2.45, 2.75) is 84.5 Å². The van der Waals surface area contributed by atoms with Crippen LogP contribution in [0.5, 0.6) is 11.5 Å². The van der Waals surface area contributed by atoms with Crippen LogP contribution in [0.25, 0.3) is 0 Å². The van der Waals surface area contributed by atoms with Crippen molar-refractivity contribution in [2.24, 2.45) is 0 Å². The van der Waals surface area contributed by atoms with Gasteiger partial charge in [-0.2, -0.15) is 0 Å². The van der Waals surface area contributed by atoms with Crippen molar-refractivity contribution in [1.29, 1.82) is 0 Å². The van der Waals surface area contributed by atoms with Gasteiger partial charge in [0.15, 0.2) is 11.5 Å². The zero-order valence-electron chi connectivity index (χ0n) is 23.9. The average molecular weight is 536 g/mol. The molecule has 2 atom stereocenters. The summed E-state index contributed by atoms with van der Waals surface area (Å²) in [5.41, 5.74) is 0.441. The fourth-order valence-corrected chi connectivity index (χ4v) is 5.11. The van der Waals surface area contributed by atoms with E-state index in [9.17, 15) is 19.5 Å². The summed E-state index contributed by atoms with van der Waals surface area (Å²) in [4.78, 5) is 43.7. The van der Waals surface area contributed by atoms with E-state index in [0.717, 1.165) is 0 Å². The number of hydrogen-bond acceptors (Lipinski definition) is 6. The molecule has 1 fully saturated rings. The molecule has 0 unspecified atom stereocenters. The summed E-state index contributed by atoms with van der Waals surface area (Å²) < 4.78 is 16.3.